The van der Waals surface area contributed by atoms with Gasteiger partial charge in [-0.2, -0.15) is 4.31 Å². The van der Waals surface area contributed by atoms with E-state index in [1.165, 1.54) is 4.31 Å². The standard InChI is InChI=1S/C22H25BrN2O3S/c1-15-5-8-20(9-6-15)29(27,28)24-11-3-4-17(14-24)22(26)25-16(2)12-18-13-19(23)7-10-21(18)25/h5-10,13,16-17H,3-4,11-12,14H2,1-2H3/t16-,17+/m1/s1. The average Bonchev–Trinajstić information content (AvgIpc) is 3.02. The number of halogens is 1. The fourth-order valence-electron chi connectivity index (χ4n) is 4.35. The number of amides is 1. The van der Waals surface area contributed by atoms with Gasteiger partial charge in [0.2, 0.25) is 15.9 Å². The Hall–Kier alpha value is -1.70. The molecule has 7 heteroatoms. The van der Waals surface area contributed by atoms with E-state index in [2.05, 4.69) is 28.9 Å². The van der Waals surface area contributed by atoms with Crippen molar-refractivity contribution < 1.29 is 13.2 Å². The van der Waals surface area contributed by atoms with Crippen molar-refractivity contribution in [3.8, 4) is 0 Å². The zero-order valence-corrected chi connectivity index (χ0v) is 19.0. The van der Waals surface area contributed by atoms with Gasteiger partial charge in [-0.3, -0.25) is 4.79 Å². The summed E-state index contributed by atoms with van der Waals surface area (Å²) in [5.74, 6) is -0.289. The van der Waals surface area contributed by atoms with Crippen molar-refractivity contribution in [3.05, 3.63) is 58.1 Å². The lowest BCUT2D eigenvalue weighted by molar-refractivity contribution is -0.123. The van der Waals surface area contributed by atoms with Crippen LogP contribution in [0.2, 0.25) is 0 Å². The molecule has 0 spiro atoms. The normalized spacial score (nSPS) is 22.5. The highest BCUT2D eigenvalue weighted by molar-refractivity contribution is 9.10. The summed E-state index contributed by atoms with van der Waals surface area (Å²) in [5, 5.41) is 0. The van der Waals surface area contributed by atoms with Crippen molar-refractivity contribution in [1.29, 1.82) is 0 Å². The molecule has 2 aliphatic heterocycles. The largest absolute Gasteiger partial charge is 0.309 e. The number of benzene rings is 2. The van der Waals surface area contributed by atoms with Gasteiger partial charge < -0.3 is 4.90 Å². The number of rotatable bonds is 3. The van der Waals surface area contributed by atoms with Crippen LogP contribution in [-0.4, -0.2) is 37.8 Å². The number of nitrogens with zero attached hydrogens (tertiary/aromatic N) is 2. The van der Waals surface area contributed by atoms with Crippen molar-refractivity contribution in [1.82, 2.24) is 4.31 Å². The van der Waals surface area contributed by atoms with Crippen molar-refractivity contribution in [2.75, 3.05) is 18.0 Å². The molecule has 2 aromatic rings. The molecule has 2 aliphatic rings. The fourth-order valence-corrected chi connectivity index (χ4v) is 6.29. The highest BCUT2D eigenvalue weighted by Gasteiger charge is 2.39. The minimum absolute atomic E-state index is 0.0300. The van der Waals surface area contributed by atoms with Gasteiger partial charge in [0.1, 0.15) is 0 Å². The van der Waals surface area contributed by atoms with E-state index >= 15 is 0 Å². The topological polar surface area (TPSA) is 57.7 Å². The molecule has 1 fully saturated rings. The summed E-state index contributed by atoms with van der Waals surface area (Å²) < 4.78 is 28.7. The van der Waals surface area contributed by atoms with Gasteiger partial charge in [0.15, 0.2) is 0 Å². The van der Waals surface area contributed by atoms with Crippen LogP contribution in [-0.2, 0) is 21.2 Å². The van der Waals surface area contributed by atoms with Gasteiger partial charge in [0.25, 0.3) is 0 Å². The molecular formula is C22H25BrN2O3S. The second kappa shape index (κ2) is 7.85. The van der Waals surface area contributed by atoms with Gasteiger partial charge in [0.05, 0.1) is 10.8 Å². The van der Waals surface area contributed by atoms with E-state index in [1.54, 1.807) is 24.3 Å². The van der Waals surface area contributed by atoms with Gasteiger partial charge in [0, 0.05) is 29.3 Å². The third kappa shape index (κ3) is 3.88. The predicted octanol–water partition coefficient (Wildman–Crippen LogP) is 4.14. The maximum atomic E-state index is 13.4. The van der Waals surface area contributed by atoms with E-state index in [9.17, 15) is 13.2 Å². The molecule has 0 saturated carbocycles. The number of piperidine rings is 1. The van der Waals surface area contributed by atoms with Gasteiger partial charge in [-0.25, -0.2) is 8.42 Å². The number of carbonyl (C=O) groups excluding carboxylic acids is 1. The van der Waals surface area contributed by atoms with E-state index in [-0.39, 0.29) is 24.4 Å². The van der Waals surface area contributed by atoms with Gasteiger partial charge in [-0.15, -0.1) is 0 Å². The summed E-state index contributed by atoms with van der Waals surface area (Å²) >= 11 is 3.50. The second-order valence-corrected chi connectivity index (χ2v) is 10.9. The van der Waals surface area contributed by atoms with Crippen LogP contribution in [0, 0.1) is 12.8 Å². The average molecular weight is 477 g/mol. The molecule has 2 aromatic carbocycles. The van der Waals surface area contributed by atoms with Crippen LogP contribution >= 0.6 is 15.9 Å². The molecule has 5 nitrogen and oxygen atoms in total. The van der Waals surface area contributed by atoms with Crippen LogP contribution in [0.3, 0.4) is 0 Å². The minimum Gasteiger partial charge on any atom is -0.309 e. The Morgan fingerprint density at radius 2 is 1.86 bits per heavy atom. The molecule has 2 atom stereocenters. The molecule has 0 aromatic heterocycles. The molecule has 0 aliphatic carbocycles. The zero-order chi connectivity index (χ0) is 20.8. The smallest absolute Gasteiger partial charge is 0.243 e. The number of sulfonamides is 1. The van der Waals surface area contributed by atoms with Crippen molar-refractivity contribution in [2.45, 2.75) is 44.0 Å². The quantitative estimate of drug-likeness (QED) is 0.668. The first kappa shape index (κ1) is 20.6. The molecule has 0 radical (unpaired) electrons. The van der Waals surface area contributed by atoms with Crippen LogP contribution in [0.4, 0.5) is 5.69 Å². The lowest BCUT2D eigenvalue weighted by atomic mass is 9.97. The summed E-state index contributed by atoms with van der Waals surface area (Å²) in [4.78, 5) is 15.6. The molecule has 0 N–H and O–H groups in total. The van der Waals surface area contributed by atoms with E-state index in [0.717, 1.165) is 27.7 Å². The lowest BCUT2D eigenvalue weighted by Gasteiger charge is -2.34. The third-order valence-electron chi connectivity index (χ3n) is 5.89. The maximum absolute atomic E-state index is 13.4. The molecule has 154 valence electrons. The second-order valence-electron chi connectivity index (χ2n) is 8.05. The SMILES string of the molecule is Cc1ccc(S(=O)(=O)N2CCC[C@H](C(=O)N3c4ccc(Br)cc4C[C@H]3C)C2)cc1. The first-order valence-electron chi connectivity index (χ1n) is 9.95. The van der Waals surface area contributed by atoms with Gasteiger partial charge >= 0.3 is 0 Å². The predicted molar refractivity (Wildman–Crippen MR) is 117 cm³/mol. The Labute approximate surface area is 180 Å². The van der Waals surface area contributed by atoms with Crippen LogP contribution in [0.5, 0.6) is 0 Å². The molecule has 1 saturated heterocycles. The summed E-state index contributed by atoms with van der Waals surface area (Å²) in [5.41, 5.74) is 3.12. The number of hydrogen-bond donors (Lipinski definition) is 0. The Morgan fingerprint density at radius 1 is 1.14 bits per heavy atom. The van der Waals surface area contributed by atoms with Gasteiger partial charge in [-0.05, 0) is 69.0 Å². The van der Waals surface area contributed by atoms with E-state index < -0.39 is 10.0 Å². The summed E-state index contributed by atoms with van der Waals surface area (Å²) in [7, 11) is -3.59. The molecule has 0 unspecified atom stereocenters. The van der Waals surface area contributed by atoms with Crippen LogP contribution < -0.4 is 4.90 Å². The van der Waals surface area contributed by atoms with Gasteiger partial charge in [-0.1, -0.05) is 33.6 Å². The van der Waals surface area contributed by atoms with Crippen molar-refractivity contribution in [2.24, 2.45) is 5.92 Å². The van der Waals surface area contributed by atoms with E-state index in [4.69, 9.17) is 0 Å². The molecule has 1 amide bonds. The third-order valence-corrected chi connectivity index (χ3v) is 8.26. The zero-order valence-electron chi connectivity index (χ0n) is 16.6. The van der Waals surface area contributed by atoms with Crippen LogP contribution in [0.25, 0.3) is 0 Å². The number of anilines is 1. The van der Waals surface area contributed by atoms with E-state index in [1.807, 2.05) is 24.0 Å². The number of fused-ring (bicyclic) bond motifs is 1. The summed E-state index contributed by atoms with van der Waals surface area (Å²) in [6, 6.07) is 13.0. The first-order chi connectivity index (χ1) is 13.8. The summed E-state index contributed by atoms with van der Waals surface area (Å²) in [6.45, 7) is 4.68. The lowest BCUT2D eigenvalue weighted by Crippen LogP contribution is -2.48. The maximum Gasteiger partial charge on any atom is 0.243 e. The van der Waals surface area contributed by atoms with Crippen molar-refractivity contribution in [3.63, 3.8) is 0 Å². The Bertz CT molecular complexity index is 1040. The monoisotopic (exact) mass is 476 g/mol. The first-order valence-corrected chi connectivity index (χ1v) is 12.2. The highest BCUT2D eigenvalue weighted by Crippen LogP contribution is 2.36. The Balaban J connectivity index is 1.56. The highest BCUT2D eigenvalue weighted by atomic mass is 79.9. The van der Waals surface area contributed by atoms with E-state index in [0.29, 0.717) is 24.3 Å². The minimum atomic E-state index is -3.59. The molecule has 29 heavy (non-hydrogen) atoms. The number of hydrogen-bond acceptors (Lipinski definition) is 3. The van der Waals surface area contributed by atoms with Crippen molar-refractivity contribution >= 4 is 37.5 Å². The number of carbonyl (C=O) groups is 1. The Morgan fingerprint density at radius 3 is 2.59 bits per heavy atom. The summed E-state index contributed by atoms with van der Waals surface area (Å²) in [6.07, 6.45) is 2.23. The van der Waals surface area contributed by atoms with Crippen LogP contribution in [0.15, 0.2) is 51.8 Å². The molecule has 2 heterocycles. The molecule has 4 rings (SSSR count). The molecule has 0 bridgehead atoms. The fraction of sp³-hybridized carbons (Fsp3) is 0.409. The van der Waals surface area contributed by atoms with Crippen LogP contribution in [0.1, 0.15) is 30.9 Å². The molecular weight excluding hydrogens is 452 g/mol. The number of aryl methyl sites for hydroxylation is 1. The Kier molecular flexibility index (Phi) is 5.57.